The standard InChI is InChI=1S/C19H16ClF3N2O2/c1-25-10-13(11-6-8-12(9-7-11)19(21,22)23)16(18(25)27)17(26)24-15-5-3-2-4-14(15)20/h2-9,13,16H,10H2,1H3,(H,24,26)/t13-,16+/m0/s1. The van der Waals surface area contributed by atoms with Crippen LogP contribution in [-0.4, -0.2) is 30.3 Å². The van der Waals surface area contributed by atoms with Crippen molar-refractivity contribution >= 4 is 29.1 Å². The van der Waals surface area contributed by atoms with Gasteiger partial charge in [0.25, 0.3) is 0 Å². The van der Waals surface area contributed by atoms with Crippen molar-refractivity contribution in [1.82, 2.24) is 4.90 Å². The number of anilines is 1. The van der Waals surface area contributed by atoms with Gasteiger partial charge in [-0.05, 0) is 29.8 Å². The normalized spacial score (nSPS) is 20.0. The van der Waals surface area contributed by atoms with Gasteiger partial charge in [0.05, 0.1) is 16.3 Å². The molecule has 1 N–H and O–H groups in total. The van der Waals surface area contributed by atoms with Gasteiger partial charge in [-0.25, -0.2) is 0 Å². The minimum absolute atomic E-state index is 0.241. The van der Waals surface area contributed by atoms with Crippen LogP contribution in [0.2, 0.25) is 5.02 Å². The van der Waals surface area contributed by atoms with Crippen molar-refractivity contribution in [2.75, 3.05) is 18.9 Å². The number of benzene rings is 2. The number of nitrogens with one attached hydrogen (secondary N) is 1. The first-order valence-corrected chi connectivity index (χ1v) is 8.54. The van der Waals surface area contributed by atoms with E-state index in [1.165, 1.54) is 17.0 Å². The Morgan fingerprint density at radius 1 is 1.15 bits per heavy atom. The first-order chi connectivity index (χ1) is 12.7. The number of para-hydroxylation sites is 1. The lowest BCUT2D eigenvalue weighted by Crippen LogP contribution is -2.32. The van der Waals surface area contributed by atoms with Crippen molar-refractivity contribution in [3.05, 3.63) is 64.7 Å². The van der Waals surface area contributed by atoms with Gasteiger partial charge in [0.1, 0.15) is 5.92 Å². The molecule has 27 heavy (non-hydrogen) atoms. The number of amides is 2. The highest BCUT2D eigenvalue weighted by Crippen LogP contribution is 2.36. The van der Waals surface area contributed by atoms with E-state index in [9.17, 15) is 22.8 Å². The summed E-state index contributed by atoms with van der Waals surface area (Å²) < 4.78 is 38.3. The molecular weight excluding hydrogens is 381 g/mol. The smallest absolute Gasteiger partial charge is 0.344 e. The van der Waals surface area contributed by atoms with Crippen molar-refractivity contribution in [2.45, 2.75) is 12.1 Å². The van der Waals surface area contributed by atoms with Crippen LogP contribution < -0.4 is 5.32 Å². The van der Waals surface area contributed by atoms with E-state index in [1.54, 1.807) is 31.3 Å². The van der Waals surface area contributed by atoms with Gasteiger partial charge >= 0.3 is 6.18 Å². The molecule has 1 fully saturated rings. The van der Waals surface area contributed by atoms with Crippen molar-refractivity contribution in [3.63, 3.8) is 0 Å². The molecule has 142 valence electrons. The fourth-order valence-electron chi connectivity index (χ4n) is 3.19. The van der Waals surface area contributed by atoms with Gasteiger partial charge in [0, 0.05) is 19.5 Å². The second-order valence-corrected chi connectivity index (χ2v) is 6.80. The zero-order chi connectivity index (χ0) is 19.8. The molecule has 0 aliphatic carbocycles. The number of carbonyl (C=O) groups is 2. The number of alkyl halides is 3. The lowest BCUT2D eigenvalue weighted by atomic mass is 9.87. The van der Waals surface area contributed by atoms with E-state index in [0.29, 0.717) is 16.3 Å². The molecule has 0 bridgehead atoms. The van der Waals surface area contributed by atoms with Gasteiger partial charge in [-0.1, -0.05) is 35.9 Å². The molecule has 1 aliphatic heterocycles. The second kappa shape index (κ2) is 7.23. The highest BCUT2D eigenvalue weighted by atomic mass is 35.5. The monoisotopic (exact) mass is 396 g/mol. The zero-order valence-corrected chi connectivity index (χ0v) is 15.0. The maximum Gasteiger partial charge on any atom is 0.416 e. The first-order valence-electron chi connectivity index (χ1n) is 8.16. The average molecular weight is 397 g/mol. The summed E-state index contributed by atoms with van der Waals surface area (Å²) in [7, 11) is 1.56. The lowest BCUT2D eigenvalue weighted by molar-refractivity contribution is -0.138. The third-order valence-electron chi connectivity index (χ3n) is 4.60. The van der Waals surface area contributed by atoms with E-state index in [4.69, 9.17) is 11.6 Å². The molecule has 0 radical (unpaired) electrons. The zero-order valence-electron chi connectivity index (χ0n) is 14.3. The molecule has 3 rings (SSSR count). The van der Waals surface area contributed by atoms with Crippen LogP contribution in [0.5, 0.6) is 0 Å². The number of hydrogen-bond acceptors (Lipinski definition) is 2. The molecule has 1 aliphatic rings. The van der Waals surface area contributed by atoms with Crippen molar-refractivity contribution in [1.29, 1.82) is 0 Å². The number of halogens is 4. The van der Waals surface area contributed by atoms with Gasteiger partial charge in [-0.2, -0.15) is 13.2 Å². The minimum atomic E-state index is -4.44. The second-order valence-electron chi connectivity index (χ2n) is 6.39. The number of hydrogen-bond donors (Lipinski definition) is 1. The molecule has 1 heterocycles. The molecule has 2 aromatic rings. The quantitative estimate of drug-likeness (QED) is 0.792. The predicted molar refractivity (Wildman–Crippen MR) is 95.4 cm³/mol. The largest absolute Gasteiger partial charge is 0.416 e. The van der Waals surface area contributed by atoms with Crippen molar-refractivity contribution < 1.29 is 22.8 Å². The maximum absolute atomic E-state index is 12.8. The molecule has 4 nitrogen and oxygen atoms in total. The Morgan fingerprint density at radius 2 is 1.78 bits per heavy atom. The molecule has 0 unspecified atom stereocenters. The summed E-state index contributed by atoms with van der Waals surface area (Å²) in [6.07, 6.45) is -4.44. The molecule has 2 atom stereocenters. The van der Waals surface area contributed by atoms with Gasteiger partial charge in [0.15, 0.2) is 0 Å². The van der Waals surface area contributed by atoms with E-state index in [-0.39, 0.29) is 12.5 Å². The predicted octanol–water partition coefficient (Wildman–Crippen LogP) is 4.17. The number of likely N-dealkylation sites (tertiary alicyclic amines) is 1. The van der Waals surface area contributed by atoms with Crippen LogP contribution >= 0.6 is 11.6 Å². The summed E-state index contributed by atoms with van der Waals surface area (Å²) in [5, 5.41) is 2.97. The van der Waals surface area contributed by atoms with E-state index in [2.05, 4.69) is 5.32 Å². The third kappa shape index (κ3) is 3.93. The Hall–Kier alpha value is -2.54. The summed E-state index contributed by atoms with van der Waals surface area (Å²) in [5.74, 6) is -2.51. The number of carbonyl (C=O) groups excluding carboxylic acids is 2. The van der Waals surface area contributed by atoms with Crippen LogP contribution in [0.15, 0.2) is 48.5 Å². The summed E-state index contributed by atoms with van der Waals surface area (Å²) in [4.78, 5) is 26.6. The minimum Gasteiger partial charge on any atom is -0.344 e. The first kappa shape index (κ1) is 19.2. The van der Waals surface area contributed by atoms with Gasteiger partial charge in [0.2, 0.25) is 11.8 Å². The summed E-state index contributed by atoms with van der Waals surface area (Å²) in [5.41, 5.74) is 0.0960. The summed E-state index contributed by atoms with van der Waals surface area (Å²) >= 11 is 6.04. The van der Waals surface area contributed by atoms with E-state index < -0.39 is 29.5 Å². The Labute approximate surface area is 158 Å². The molecule has 0 saturated carbocycles. The van der Waals surface area contributed by atoms with Crippen LogP contribution in [0.4, 0.5) is 18.9 Å². The van der Waals surface area contributed by atoms with E-state index in [0.717, 1.165) is 12.1 Å². The van der Waals surface area contributed by atoms with Crippen LogP contribution in [-0.2, 0) is 15.8 Å². The number of nitrogens with zero attached hydrogens (tertiary/aromatic N) is 1. The van der Waals surface area contributed by atoms with Gasteiger partial charge in [-0.3, -0.25) is 9.59 Å². The molecular formula is C19H16ClF3N2O2. The number of likely N-dealkylation sites (N-methyl/N-ethyl adjacent to an activating group) is 1. The van der Waals surface area contributed by atoms with Crippen LogP contribution in [0.3, 0.4) is 0 Å². The summed E-state index contributed by atoms with van der Waals surface area (Å²) in [6, 6.07) is 11.2. The Balaban J connectivity index is 1.87. The number of rotatable bonds is 3. The van der Waals surface area contributed by atoms with E-state index >= 15 is 0 Å². The fraction of sp³-hybridized carbons (Fsp3) is 0.263. The Bertz CT molecular complexity index is 868. The van der Waals surface area contributed by atoms with Crippen LogP contribution in [0.25, 0.3) is 0 Å². The Kier molecular flexibility index (Phi) is 5.15. The van der Waals surface area contributed by atoms with Crippen molar-refractivity contribution in [2.24, 2.45) is 5.92 Å². The SMILES string of the molecule is CN1C[C@@H](c2ccc(C(F)(F)F)cc2)[C@H](C(=O)Nc2ccccc2Cl)C1=O. The molecule has 2 amide bonds. The van der Waals surface area contributed by atoms with Gasteiger partial charge in [-0.15, -0.1) is 0 Å². The van der Waals surface area contributed by atoms with Crippen LogP contribution in [0, 0.1) is 5.92 Å². The van der Waals surface area contributed by atoms with Crippen molar-refractivity contribution in [3.8, 4) is 0 Å². The Morgan fingerprint density at radius 3 is 2.37 bits per heavy atom. The van der Waals surface area contributed by atoms with E-state index in [1.807, 2.05) is 0 Å². The molecule has 0 spiro atoms. The molecule has 8 heteroatoms. The molecule has 1 saturated heterocycles. The van der Waals surface area contributed by atoms with Gasteiger partial charge < -0.3 is 10.2 Å². The summed E-state index contributed by atoms with van der Waals surface area (Å²) in [6.45, 7) is 0.241. The fourth-order valence-corrected chi connectivity index (χ4v) is 3.37. The third-order valence-corrected chi connectivity index (χ3v) is 4.93. The highest BCUT2D eigenvalue weighted by molar-refractivity contribution is 6.33. The topological polar surface area (TPSA) is 49.4 Å². The highest BCUT2D eigenvalue weighted by Gasteiger charge is 2.44. The maximum atomic E-state index is 12.8. The lowest BCUT2D eigenvalue weighted by Gasteiger charge is -2.18. The molecule has 0 aromatic heterocycles. The average Bonchev–Trinajstić information content (AvgIpc) is 2.91. The molecule has 2 aromatic carbocycles. The van der Waals surface area contributed by atoms with Crippen LogP contribution in [0.1, 0.15) is 17.0 Å².